The summed E-state index contributed by atoms with van der Waals surface area (Å²) in [5.74, 6) is 1.40. The van der Waals surface area contributed by atoms with Crippen molar-refractivity contribution in [1.82, 2.24) is 20.1 Å². The van der Waals surface area contributed by atoms with Gasteiger partial charge in [-0.2, -0.15) is 0 Å². The van der Waals surface area contributed by atoms with Crippen molar-refractivity contribution in [3.05, 3.63) is 75.9 Å². The van der Waals surface area contributed by atoms with Crippen LogP contribution in [0.15, 0.2) is 71.2 Å². The first-order chi connectivity index (χ1) is 15.6. The van der Waals surface area contributed by atoms with Crippen LogP contribution in [0.4, 0.5) is 0 Å². The van der Waals surface area contributed by atoms with Crippen LogP contribution >= 0.6 is 34.7 Å². The molecule has 0 aliphatic heterocycles. The molecule has 0 aliphatic carbocycles. The Kier molecular flexibility index (Phi) is 7.14. The zero-order chi connectivity index (χ0) is 22.5. The first kappa shape index (κ1) is 22.4. The summed E-state index contributed by atoms with van der Waals surface area (Å²) in [4.78, 5) is 13.7. The molecule has 0 radical (unpaired) electrons. The molecule has 6 nitrogen and oxygen atoms in total. The summed E-state index contributed by atoms with van der Waals surface area (Å²) in [6.45, 7) is 1.98. The molecule has 9 heteroatoms. The monoisotopic (exact) mass is 484 g/mol. The Morgan fingerprint density at radius 2 is 2.00 bits per heavy atom. The minimum absolute atomic E-state index is 0.0405. The Morgan fingerprint density at radius 3 is 2.69 bits per heavy atom. The van der Waals surface area contributed by atoms with Crippen LogP contribution < -0.4 is 10.1 Å². The predicted octanol–water partition coefficient (Wildman–Crippen LogP) is 5.63. The third-order valence-corrected chi connectivity index (χ3v) is 7.02. The molecule has 1 amide bonds. The zero-order valence-corrected chi connectivity index (χ0v) is 19.9. The maximum Gasteiger partial charge on any atom is 0.230 e. The third-order valence-electron chi connectivity index (χ3n) is 4.74. The van der Waals surface area contributed by atoms with Crippen molar-refractivity contribution in [2.24, 2.45) is 0 Å². The van der Waals surface area contributed by atoms with E-state index in [1.165, 1.54) is 11.8 Å². The third kappa shape index (κ3) is 4.98. The first-order valence-electron chi connectivity index (χ1n) is 9.87. The Morgan fingerprint density at radius 1 is 1.19 bits per heavy atom. The summed E-state index contributed by atoms with van der Waals surface area (Å²) >= 11 is 9.33. The van der Waals surface area contributed by atoms with E-state index in [9.17, 15) is 4.79 Å². The number of rotatable bonds is 8. The number of ether oxygens (including phenoxy) is 1. The van der Waals surface area contributed by atoms with Gasteiger partial charge in [0.2, 0.25) is 5.91 Å². The van der Waals surface area contributed by atoms with Crippen LogP contribution in [0.1, 0.15) is 17.8 Å². The van der Waals surface area contributed by atoms with E-state index in [1.807, 2.05) is 65.4 Å². The molecule has 0 aliphatic rings. The van der Waals surface area contributed by atoms with Gasteiger partial charge < -0.3 is 10.1 Å². The second kappa shape index (κ2) is 10.2. The van der Waals surface area contributed by atoms with E-state index in [0.717, 1.165) is 16.1 Å². The maximum atomic E-state index is 12.6. The van der Waals surface area contributed by atoms with Crippen LogP contribution in [0.5, 0.6) is 5.75 Å². The van der Waals surface area contributed by atoms with Gasteiger partial charge in [0.1, 0.15) is 5.75 Å². The van der Waals surface area contributed by atoms with Gasteiger partial charge in [0.25, 0.3) is 0 Å². The Hall–Kier alpha value is -2.81. The van der Waals surface area contributed by atoms with Gasteiger partial charge >= 0.3 is 0 Å². The Balaban J connectivity index is 1.60. The highest BCUT2D eigenvalue weighted by Crippen LogP contribution is 2.32. The van der Waals surface area contributed by atoms with E-state index in [1.54, 1.807) is 30.6 Å². The van der Waals surface area contributed by atoms with Gasteiger partial charge in [0.05, 0.1) is 29.6 Å². The molecule has 4 aromatic rings. The van der Waals surface area contributed by atoms with Gasteiger partial charge in [-0.3, -0.25) is 9.36 Å². The van der Waals surface area contributed by atoms with Gasteiger partial charge in [0, 0.05) is 10.4 Å². The van der Waals surface area contributed by atoms with Crippen molar-refractivity contribution < 1.29 is 9.53 Å². The molecule has 4 rings (SSSR count). The average molecular weight is 485 g/mol. The molecule has 0 bridgehead atoms. The van der Waals surface area contributed by atoms with Gasteiger partial charge in [-0.25, -0.2) is 0 Å². The number of carbonyl (C=O) groups excluding carboxylic acids is 1. The molecule has 2 aromatic heterocycles. The SMILES string of the molecule is COc1ccc(-n2c(SCC(=O)NC(C)c3cccs3)nnc2-c2ccccc2)cc1Cl. The van der Waals surface area contributed by atoms with Crippen LogP contribution in [0, 0.1) is 0 Å². The van der Waals surface area contributed by atoms with E-state index in [2.05, 4.69) is 15.5 Å². The summed E-state index contributed by atoms with van der Waals surface area (Å²) in [5.41, 5.74) is 1.70. The molecule has 2 aromatic carbocycles. The van der Waals surface area contributed by atoms with Crippen molar-refractivity contribution in [2.75, 3.05) is 12.9 Å². The standard InChI is InChI=1S/C23H21ClN4O2S2/c1-15(20-9-6-12-31-20)25-21(29)14-32-23-27-26-22(16-7-4-3-5-8-16)28(23)17-10-11-19(30-2)18(24)13-17/h3-13,15H,14H2,1-2H3,(H,25,29). The van der Waals surface area contributed by atoms with E-state index >= 15 is 0 Å². The summed E-state index contributed by atoms with van der Waals surface area (Å²) < 4.78 is 7.18. The molecule has 1 unspecified atom stereocenters. The number of thioether (sulfide) groups is 1. The maximum absolute atomic E-state index is 12.6. The second-order valence-corrected chi connectivity index (χ2v) is 9.25. The molecule has 2 heterocycles. The molecule has 0 saturated heterocycles. The molecule has 32 heavy (non-hydrogen) atoms. The van der Waals surface area contributed by atoms with Crippen molar-refractivity contribution in [1.29, 1.82) is 0 Å². The fraction of sp³-hybridized carbons (Fsp3) is 0.174. The average Bonchev–Trinajstić information content (AvgIpc) is 3.48. The predicted molar refractivity (Wildman–Crippen MR) is 130 cm³/mol. The number of carbonyl (C=O) groups is 1. The van der Waals surface area contributed by atoms with Gasteiger partial charge in [-0.1, -0.05) is 59.8 Å². The summed E-state index contributed by atoms with van der Waals surface area (Å²) in [7, 11) is 1.58. The quantitative estimate of drug-likeness (QED) is 0.328. The molecule has 0 fully saturated rings. The molecule has 1 atom stereocenters. The number of aromatic nitrogens is 3. The first-order valence-corrected chi connectivity index (χ1v) is 12.1. The Labute approximate surface area is 199 Å². The molecular weight excluding hydrogens is 464 g/mol. The van der Waals surface area contributed by atoms with Gasteiger partial charge in [-0.15, -0.1) is 21.5 Å². The number of nitrogens with zero attached hydrogens (tertiary/aromatic N) is 3. The fourth-order valence-electron chi connectivity index (χ4n) is 3.19. The lowest BCUT2D eigenvalue weighted by Crippen LogP contribution is -2.27. The van der Waals surface area contributed by atoms with E-state index in [0.29, 0.717) is 21.8 Å². The number of hydrogen-bond acceptors (Lipinski definition) is 6. The van der Waals surface area contributed by atoms with E-state index < -0.39 is 0 Å². The lowest BCUT2D eigenvalue weighted by molar-refractivity contribution is -0.119. The van der Waals surface area contributed by atoms with Crippen LogP contribution in [-0.2, 0) is 4.79 Å². The highest BCUT2D eigenvalue weighted by molar-refractivity contribution is 7.99. The summed E-state index contributed by atoms with van der Waals surface area (Å²) in [6.07, 6.45) is 0. The topological polar surface area (TPSA) is 69.0 Å². The van der Waals surface area contributed by atoms with Crippen molar-refractivity contribution in [2.45, 2.75) is 18.1 Å². The largest absolute Gasteiger partial charge is 0.495 e. The normalized spacial score (nSPS) is 11.8. The highest BCUT2D eigenvalue weighted by atomic mass is 35.5. The van der Waals surface area contributed by atoms with Crippen LogP contribution in [0.2, 0.25) is 5.02 Å². The van der Waals surface area contributed by atoms with Crippen LogP contribution in [0.25, 0.3) is 17.1 Å². The number of hydrogen-bond donors (Lipinski definition) is 1. The van der Waals surface area contributed by atoms with Crippen molar-refractivity contribution in [3.8, 4) is 22.8 Å². The minimum atomic E-state index is -0.0699. The van der Waals surface area contributed by atoms with E-state index in [-0.39, 0.29) is 17.7 Å². The smallest absolute Gasteiger partial charge is 0.230 e. The number of nitrogens with one attached hydrogen (secondary N) is 1. The molecule has 1 N–H and O–H groups in total. The van der Waals surface area contributed by atoms with E-state index in [4.69, 9.17) is 16.3 Å². The van der Waals surface area contributed by atoms with Crippen molar-refractivity contribution in [3.63, 3.8) is 0 Å². The number of amides is 1. The number of thiophene rings is 1. The lowest BCUT2D eigenvalue weighted by Gasteiger charge is -2.13. The second-order valence-electron chi connectivity index (χ2n) is 6.92. The zero-order valence-electron chi connectivity index (χ0n) is 17.5. The van der Waals surface area contributed by atoms with Crippen LogP contribution in [0.3, 0.4) is 0 Å². The molecule has 164 valence electrons. The summed E-state index contributed by atoms with van der Waals surface area (Å²) in [5, 5.41) is 14.9. The van der Waals surface area contributed by atoms with Gasteiger partial charge in [-0.05, 0) is 36.6 Å². The number of benzene rings is 2. The van der Waals surface area contributed by atoms with Gasteiger partial charge in [0.15, 0.2) is 11.0 Å². The highest BCUT2D eigenvalue weighted by Gasteiger charge is 2.19. The van der Waals surface area contributed by atoms with Crippen molar-refractivity contribution >= 4 is 40.6 Å². The fourth-order valence-corrected chi connectivity index (χ4v) is 4.94. The molecule has 0 spiro atoms. The minimum Gasteiger partial charge on any atom is -0.495 e. The number of halogens is 1. The lowest BCUT2D eigenvalue weighted by atomic mass is 10.2. The van der Waals surface area contributed by atoms with Crippen LogP contribution in [-0.4, -0.2) is 33.5 Å². The summed E-state index contributed by atoms with van der Waals surface area (Å²) in [6, 6.07) is 19.2. The number of methoxy groups -OCH3 is 1. The molecular formula is C23H21ClN4O2S2. The molecule has 0 saturated carbocycles. The Bertz CT molecular complexity index is 1200.